The van der Waals surface area contributed by atoms with E-state index in [4.69, 9.17) is 10.5 Å². The first-order valence-electron chi connectivity index (χ1n) is 7.72. The molecule has 0 bridgehead atoms. The molecule has 0 heterocycles. The first kappa shape index (κ1) is 17.7. The van der Waals surface area contributed by atoms with Crippen LogP contribution in [0.2, 0.25) is 0 Å². The van der Waals surface area contributed by atoms with Crippen molar-refractivity contribution in [2.45, 2.75) is 52.8 Å². The monoisotopic (exact) mass is 292 g/mol. The van der Waals surface area contributed by atoms with Gasteiger partial charge in [0.25, 0.3) is 0 Å². The van der Waals surface area contributed by atoms with E-state index in [2.05, 4.69) is 26.1 Å². The highest BCUT2D eigenvalue weighted by atomic mass is 16.5. The summed E-state index contributed by atoms with van der Waals surface area (Å²) in [5.41, 5.74) is 8.08. The minimum atomic E-state index is -0.437. The molecular formula is C17H28N2O2. The molecule has 0 aliphatic rings. The second-order valence-electron chi connectivity index (χ2n) is 5.78. The van der Waals surface area contributed by atoms with Crippen LogP contribution >= 0.6 is 0 Å². The van der Waals surface area contributed by atoms with Crippen molar-refractivity contribution in [3.63, 3.8) is 0 Å². The predicted octanol–water partition coefficient (Wildman–Crippen LogP) is 2.60. The van der Waals surface area contributed by atoms with Gasteiger partial charge in [0.05, 0.1) is 12.6 Å². The van der Waals surface area contributed by atoms with Crippen LogP contribution in [0.25, 0.3) is 0 Å². The Balaban J connectivity index is 2.52. The van der Waals surface area contributed by atoms with E-state index in [9.17, 15) is 4.79 Å². The number of nitrogens with two attached hydrogens (primary N) is 1. The van der Waals surface area contributed by atoms with Crippen LogP contribution in [0, 0.1) is 5.92 Å². The minimum Gasteiger partial charge on any atom is -0.377 e. The third-order valence-electron chi connectivity index (χ3n) is 3.24. The molecule has 4 nitrogen and oxygen atoms in total. The Morgan fingerprint density at radius 3 is 2.57 bits per heavy atom. The van der Waals surface area contributed by atoms with Gasteiger partial charge in [-0.1, -0.05) is 45.0 Å². The topological polar surface area (TPSA) is 64.3 Å². The highest BCUT2D eigenvalue weighted by Gasteiger charge is 2.14. The summed E-state index contributed by atoms with van der Waals surface area (Å²) in [4.78, 5) is 12.0. The molecule has 1 amide bonds. The average molecular weight is 292 g/mol. The van der Waals surface area contributed by atoms with Crippen molar-refractivity contribution in [1.29, 1.82) is 0 Å². The van der Waals surface area contributed by atoms with Crippen LogP contribution in [-0.4, -0.2) is 18.6 Å². The van der Waals surface area contributed by atoms with E-state index in [-0.39, 0.29) is 5.91 Å². The smallest absolute Gasteiger partial charge is 0.237 e. The third kappa shape index (κ3) is 6.74. The summed E-state index contributed by atoms with van der Waals surface area (Å²) < 4.78 is 5.58. The number of hydrogen-bond donors (Lipinski definition) is 2. The maximum atomic E-state index is 12.0. The molecule has 0 unspecified atom stereocenters. The SMILES string of the molecule is CCCOCc1ccccc1CNC(=O)[C@@H](N)CC(C)C. The maximum absolute atomic E-state index is 12.0. The summed E-state index contributed by atoms with van der Waals surface area (Å²) in [6, 6.07) is 7.57. The second-order valence-corrected chi connectivity index (χ2v) is 5.78. The second kappa shape index (κ2) is 9.53. The molecule has 21 heavy (non-hydrogen) atoms. The highest BCUT2D eigenvalue weighted by Crippen LogP contribution is 2.10. The van der Waals surface area contributed by atoms with Crippen molar-refractivity contribution in [3.8, 4) is 0 Å². The Kier molecular flexibility index (Phi) is 8.01. The van der Waals surface area contributed by atoms with Crippen LogP contribution in [0.15, 0.2) is 24.3 Å². The maximum Gasteiger partial charge on any atom is 0.237 e. The molecule has 0 spiro atoms. The minimum absolute atomic E-state index is 0.0898. The van der Waals surface area contributed by atoms with Crippen LogP contribution in [0.4, 0.5) is 0 Å². The van der Waals surface area contributed by atoms with Gasteiger partial charge in [-0.25, -0.2) is 0 Å². The van der Waals surface area contributed by atoms with Crippen LogP contribution in [0.3, 0.4) is 0 Å². The summed E-state index contributed by atoms with van der Waals surface area (Å²) in [6.45, 7) is 8.04. The summed E-state index contributed by atoms with van der Waals surface area (Å²) in [5, 5.41) is 2.92. The van der Waals surface area contributed by atoms with Crippen molar-refractivity contribution in [2.75, 3.05) is 6.61 Å². The molecule has 0 radical (unpaired) electrons. The first-order chi connectivity index (χ1) is 10.0. The normalized spacial score (nSPS) is 12.4. The Bertz CT molecular complexity index is 433. The van der Waals surface area contributed by atoms with Gasteiger partial charge in [0, 0.05) is 13.2 Å². The molecule has 0 aliphatic carbocycles. The Morgan fingerprint density at radius 1 is 1.29 bits per heavy atom. The zero-order chi connectivity index (χ0) is 15.7. The molecule has 1 atom stereocenters. The van der Waals surface area contributed by atoms with Gasteiger partial charge in [0.2, 0.25) is 5.91 Å². The van der Waals surface area contributed by atoms with Crippen molar-refractivity contribution in [3.05, 3.63) is 35.4 Å². The molecule has 0 aromatic heterocycles. The van der Waals surface area contributed by atoms with E-state index in [1.165, 1.54) is 0 Å². The lowest BCUT2D eigenvalue weighted by Gasteiger charge is -2.15. The van der Waals surface area contributed by atoms with Crippen LogP contribution in [-0.2, 0) is 22.7 Å². The number of rotatable bonds is 9. The molecule has 0 saturated carbocycles. The number of benzene rings is 1. The molecular weight excluding hydrogens is 264 g/mol. The van der Waals surface area contributed by atoms with Gasteiger partial charge < -0.3 is 15.8 Å². The lowest BCUT2D eigenvalue weighted by atomic mass is 10.0. The van der Waals surface area contributed by atoms with Crippen LogP contribution < -0.4 is 11.1 Å². The quantitative estimate of drug-likeness (QED) is 0.688. The summed E-state index contributed by atoms with van der Waals surface area (Å²) in [6.07, 6.45) is 1.70. The van der Waals surface area contributed by atoms with Crippen molar-refractivity contribution >= 4 is 5.91 Å². The molecule has 3 N–H and O–H groups in total. The highest BCUT2D eigenvalue weighted by molar-refractivity contribution is 5.81. The van der Waals surface area contributed by atoms with E-state index in [0.29, 0.717) is 25.5 Å². The molecule has 0 aliphatic heterocycles. The molecule has 118 valence electrons. The average Bonchev–Trinajstić information content (AvgIpc) is 2.45. The third-order valence-corrected chi connectivity index (χ3v) is 3.24. The fourth-order valence-electron chi connectivity index (χ4n) is 2.13. The zero-order valence-electron chi connectivity index (χ0n) is 13.4. The Morgan fingerprint density at radius 2 is 1.95 bits per heavy atom. The number of nitrogens with one attached hydrogen (secondary N) is 1. The largest absolute Gasteiger partial charge is 0.377 e. The number of hydrogen-bond acceptors (Lipinski definition) is 3. The van der Waals surface area contributed by atoms with E-state index in [1.54, 1.807) is 0 Å². The van der Waals surface area contributed by atoms with Gasteiger partial charge in [-0.05, 0) is 29.9 Å². The van der Waals surface area contributed by atoms with E-state index < -0.39 is 6.04 Å². The van der Waals surface area contributed by atoms with E-state index in [0.717, 1.165) is 24.2 Å². The van der Waals surface area contributed by atoms with Crippen molar-refractivity contribution < 1.29 is 9.53 Å². The number of carbonyl (C=O) groups is 1. The lowest BCUT2D eigenvalue weighted by Crippen LogP contribution is -2.41. The van der Waals surface area contributed by atoms with Gasteiger partial charge >= 0.3 is 0 Å². The zero-order valence-corrected chi connectivity index (χ0v) is 13.4. The number of amides is 1. The molecule has 0 saturated heterocycles. The van der Waals surface area contributed by atoms with Crippen LogP contribution in [0.5, 0.6) is 0 Å². The molecule has 1 rings (SSSR count). The molecule has 0 fully saturated rings. The van der Waals surface area contributed by atoms with Gasteiger partial charge in [0.1, 0.15) is 0 Å². The summed E-state index contributed by atoms with van der Waals surface area (Å²) in [7, 11) is 0. The summed E-state index contributed by atoms with van der Waals surface area (Å²) >= 11 is 0. The number of ether oxygens (including phenoxy) is 1. The van der Waals surface area contributed by atoms with Crippen LogP contribution in [0.1, 0.15) is 44.7 Å². The standard InChI is InChI=1S/C17H28N2O2/c1-4-9-21-12-15-8-6-5-7-14(15)11-19-17(20)16(18)10-13(2)3/h5-8,13,16H,4,9-12,18H2,1-3H3,(H,19,20)/t16-/m0/s1. The Labute approximate surface area is 128 Å². The van der Waals surface area contributed by atoms with E-state index >= 15 is 0 Å². The summed E-state index contributed by atoms with van der Waals surface area (Å²) in [5.74, 6) is 0.327. The predicted molar refractivity (Wildman–Crippen MR) is 85.7 cm³/mol. The van der Waals surface area contributed by atoms with E-state index in [1.807, 2.05) is 24.3 Å². The number of carbonyl (C=O) groups excluding carboxylic acids is 1. The lowest BCUT2D eigenvalue weighted by molar-refractivity contribution is -0.122. The Hall–Kier alpha value is -1.39. The fourth-order valence-corrected chi connectivity index (χ4v) is 2.13. The van der Waals surface area contributed by atoms with Gasteiger partial charge in [-0.2, -0.15) is 0 Å². The van der Waals surface area contributed by atoms with Gasteiger partial charge in [-0.15, -0.1) is 0 Å². The van der Waals surface area contributed by atoms with Gasteiger partial charge in [0.15, 0.2) is 0 Å². The van der Waals surface area contributed by atoms with Gasteiger partial charge in [-0.3, -0.25) is 4.79 Å². The molecule has 4 heteroatoms. The first-order valence-corrected chi connectivity index (χ1v) is 7.72. The molecule has 1 aromatic carbocycles. The molecule has 1 aromatic rings. The van der Waals surface area contributed by atoms with Crippen molar-refractivity contribution in [2.24, 2.45) is 11.7 Å². The van der Waals surface area contributed by atoms with Crippen molar-refractivity contribution in [1.82, 2.24) is 5.32 Å². The fraction of sp³-hybridized carbons (Fsp3) is 0.588.